The van der Waals surface area contributed by atoms with Crippen LogP contribution in [0.25, 0.3) is 10.9 Å². The van der Waals surface area contributed by atoms with E-state index < -0.39 is 17.3 Å². The number of H-pyrrole nitrogens is 1. The number of carbonyl (C=O) groups is 2. The third-order valence-electron chi connectivity index (χ3n) is 4.76. The molecule has 0 bridgehead atoms. The van der Waals surface area contributed by atoms with Gasteiger partial charge in [-0.2, -0.15) is 13.2 Å². The molecule has 0 saturated carbocycles. The maximum Gasteiger partial charge on any atom is 0.416 e. The highest BCUT2D eigenvalue weighted by Crippen LogP contribution is 2.30. The molecule has 3 aromatic rings. The van der Waals surface area contributed by atoms with Crippen LogP contribution in [0.15, 0.2) is 47.3 Å². The standard InChI is InChI=1S/C22H22F3N5O3/c1-3-30(12-20(32)27-16-7-5-15(6-8-16)26-13(2)31)11-19-28-18-10-14(22(23,24)25)4-9-17(18)21(33)29-19/h4-10H,3,11-12H2,1-2H3,(H,26,31)(H,27,32)(H,28,29,33). The van der Waals surface area contributed by atoms with Crippen molar-refractivity contribution >= 4 is 34.1 Å². The Bertz CT molecular complexity index is 1220. The van der Waals surface area contributed by atoms with Gasteiger partial charge >= 0.3 is 6.18 Å². The lowest BCUT2D eigenvalue weighted by Gasteiger charge is -2.19. The van der Waals surface area contributed by atoms with Gasteiger partial charge in [-0.1, -0.05) is 6.92 Å². The molecule has 2 amide bonds. The molecule has 2 aromatic carbocycles. The molecule has 0 spiro atoms. The van der Waals surface area contributed by atoms with Crippen molar-refractivity contribution in [2.24, 2.45) is 0 Å². The zero-order valence-electron chi connectivity index (χ0n) is 17.9. The van der Waals surface area contributed by atoms with E-state index in [1.54, 1.807) is 36.1 Å². The maximum atomic E-state index is 13.0. The third-order valence-corrected chi connectivity index (χ3v) is 4.76. The van der Waals surface area contributed by atoms with Gasteiger partial charge in [-0.15, -0.1) is 0 Å². The van der Waals surface area contributed by atoms with Crippen molar-refractivity contribution in [3.05, 3.63) is 64.2 Å². The Balaban J connectivity index is 1.70. The van der Waals surface area contributed by atoms with Crippen LogP contribution in [0.4, 0.5) is 24.5 Å². The Morgan fingerprint density at radius 1 is 1.06 bits per heavy atom. The van der Waals surface area contributed by atoms with Crippen molar-refractivity contribution in [2.75, 3.05) is 23.7 Å². The number of nitrogens with one attached hydrogen (secondary N) is 3. The van der Waals surface area contributed by atoms with Crippen LogP contribution in [-0.4, -0.2) is 39.8 Å². The van der Waals surface area contributed by atoms with Crippen molar-refractivity contribution in [1.82, 2.24) is 14.9 Å². The number of nitrogens with zero attached hydrogens (tertiary/aromatic N) is 2. The minimum absolute atomic E-state index is 0.0334. The molecule has 1 aromatic heterocycles. The average Bonchev–Trinajstić information content (AvgIpc) is 2.73. The van der Waals surface area contributed by atoms with Gasteiger partial charge in [0, 0.05) is 18.3 Å². The molecule has 0 aliphatic rings. The Morgan fingerprint density at radius 2 is 1.70 bits per heavy atom. The van der Waals surface area contributed by atoms with Crippen LogP contribution in [0, 0.1) is 0 Å². The van der Waals surface area contributed by atoms with E-state index >= 15 is 0 Å². The van der Waals surface area contributed by atoms with E-state index in [9.17, 15) is 27.6 Å². The van der Waals surface area contributed by atoms with Gasteiger partial charge in [-0.25, -0.2) is 4.98 Å². The number of hydrogen-bond donors (Lipinski definition) is 3. The number of amides is 2. The highest BCUT2D eigenvalue weighted by molar-refractivity contribution is 5.93. The molecule has 8 nitrogen and oxygen atoms in total. The normalized spacial score (nSPS) is 11.6. The molecule has 0 unspecified atom stereocenters. The van der Waals surface area contributed by atoms with Crippen molar-refractivity contribution in [3.63, 3.8) is 0 Å². The molecule has 0 fully saturated rings. The van der Waals surface area contributed by atoms with Gasteiger partial charge in [0.25, 0.3) is 5.56 Å². The minimum Gasteiger partial charge on any atom is -0.326 e. The van der Waals surface area contributed by atoms with Gasteiger partial charge in [-0.05, 0) is 49.0 Å². The largest absolute Gasteiger partial charge is 0.416 e. The number of fused-ring (bicyclic) bond motifs is 1. The average molecular weight is 461 g/mol. The van der Waals surface area contributed by atoms with Gasteiger partial charge in [0.15, 0.2) is 0 Å². The molecule has 11 heteroatoms. The lowest BCUT2D eigenvalue weighted by atomic mass is 10.1. The molecule has 33 heavy (non-hydrogen) atoms. The fraction of sp³-hybridized carbons (Fsp3) is 0.273. The number of aromatic nitrogens is 2. The molecular formula is C22H22F3N5O3. The van der Waals surface area contributed by atoms with E-state index in [-0.39, 0.29) is 41.6 Å². The van der Waals surface area contributed by atoms with Crippen LogP contribution < -0.4 is 16.2 Å². The minimum atomic E-state index is -4.55. The Hall–Kier alpha value is -3.73. The van der Waals surface area contributed by atoms with Crippen LogP contribution in [0.5, 0.6) is 0 Å². The number of likely N-dealkylation sites (N-methyl/N-ethyl adjacent to an activating group) is 1. The second kappa shape index (κ2) is 9.82. The number of halogens is 3. The van der Waals surface area contributed by atoms with Gasteiger partial charge in [0.05, 0.1) is 29.6 Å². The van der Waals surface area contributed by atoms with Crippen molar-refractivity contribution in [3.8, 4) is 0 Å². The molecule has 3 rings (SSSR count). The number of benzene rings is 2. The number of anilines is 2. The summed E-state index contributed by atoms with van der Waals surface area (Å²) in [6, 6.07) is 9.34. The molecule has 0 saturated heterocycles. The van der Waals surface area contributed by atoms with Crippen LogP contribution >= 0.6 is 0 Å². The summed E-state index contributed by atoms with van der Waals surface area (Å²) in [5.74, 6) is -0.381. The smallest absolute Gasteiger partial charge is 0.326 e. The van der Waals surface area contributed by atoms with Crippen molar-refractivity contribution < 1.29 is 22.8 Å². The summed E-state index contributed by atoms with van der Waals surface area (Å²) in [6.45, 7) is 3.65. The fourth-order valence-corrected chi connectivity index (χ4v) is 3.17. The highest BCUT2D eigenvalue weighted by Gasteiger charge is 2.30. The van der Waals surface area contributed by atoms with E-state index in [1.165, 1.54) is 6.92 Å². The predicted molar refractivity (Wildman–Crippen MR) is 118 cm³/mol. The summed E-state index contributed by atoms with van der Waals surface area (Å²) in [5.41, 5.74) is -0.389. The summed E-state index contributed by atoms with van der Waals surface area (Å²) in [4.78, 5) is 44.2. The number of aromatic amines is 1. The first-order chi connectivity index (χ1) is 15.5. The Labute approximate surface area is 186 Å². The molecule has 0 radical (unpaired) electrons. The lowest BCUT2D eigenvalue weighted by Crippen LogP contribution is -2.33. The first-order valence-corrected chi connectivity index (χ1v) is 10.0. The number of hydrogen-bond acceptors (Lipinski definition) is 5. The number of carbonyl (C=O) groups excluding carboxylic acids is 2. The summed E-state index contributed by atoms with van der Waals surface area (Å²) < 4.78 is 39.0. The lowest BCUT2D eigenvalue weighted by molar-refractivity contribution is -0.137. The molecule has 1 heterocycles. The fourth-order valence-electron chi connectivity index (χ4n) is 3.17. The van der Waals surface area contributed by atoms with Gasteiger partial charge in [0.1, 0.15) is 5.82 Å². The summed E-state index contributed by atoms with van der Waals surface area (Å²) in [6.07, 6.45) is -4.55. The molecule has 174 valence electrons. The molecule has 0 aliphatic carbocycles. The number of rotatable bonds is 7. The van der Waals surface area contributed by atoms with Crippen LogP contribution in [0.3, 0.4) is 0 Å². The summed E-state index contributed by atoms with van der Waals surface area (Å²) in [5, 5.41) is 5.40. The van der Waals surface area contributed by atoms with E-state index in [2.05, 4.69) is 20.6 Å². The van der Waals surface area contributed by atoms with Gasteiger partial charge in [0.2, 0.25) is 11.8 Å². The van der Waals surface area contributed by atoms with Gasteiger partial charge < -0.3 is 15.6 Å². The topological polar surface area (TPSA) is 107 Å². The van der Waals surface area contributed by atoms with Crippen LogP contribution in [0.2, 0.25) is 0 Å². The second-order valence-electron chi connectivity index (χ2n) is 7.35. The molecular weight excluding hydrogens is 439 g/mol. The van der Waals surface area contributed by atoms with E-state index in [1.807, 2.05) is 0 Å². The van der Waals surface area contributed by atoms with E-state index in [0.717, 1.165) is 18.2 Å². The molecule has 0 atom stereocenters. The van der Waals surface area contributed by atoms with Gasteiger partial charge in [-0.3, -0.25) is 19.3 Å². The molecule has 3 N–H and O–H groups in total. The van der Waals surface area contributed by atoms with Crippen LogP contribution in [0.1, 0.15) is 25.2 Å². The predicted octanol–water partition coefficient (Wildman–Crippen LogP) is 3.36. The summed E-state index contributed by atoms with van der Waals surface area (Å²) >= 11 is 0. The zero-order chi connectivity index (χ0) is 24.2. The first kappa shape index (κ1) is 23.9. The Morgan fingerprint density at radius 3 is 2.27 bits per heavy atom. The van der Waals surface area contributed by atoms with E-state index in [4.69, 9.17) is 0 Å². The number of alkyl halides is 3. The Kier molecular flexibility index (Phi) is 7.12. The monoisotopic (exact) mass is 461 g/mol. The second-order valence-corrected chi connectivity index (χ2v) is 7.35. The maximum absolute atomic E-state index is 13.0. The zero-order valence-corrected chi connectivity index (χ0v) is 17.9. The quantitative estimate of drug-likeness (QED) is 0.500. The first-order valence-electron chi connectivity index (χ1n) is 10.0. The molecule has 0 aliphatic heterocycles. The highest BCUT2D eigenvalue weighted by atomic mass is 19.4. The SMILES string of the molecule is CCN(CC(=O)Nc1ccc(NC(C)=O)cc1)Cc1nc2cc(C(F)(F)F)ccc2c(=O)[nH]1. The van der Waals surface area contributed by atoms with E-state index in [0.29, 0.717) is 17.9 Å². The van der Waals surface area contributed by atoms with Crippen molar-refractivity contribution in [1.29, 1.82) is 0 Å². The third kappa shape index (κ3) is 6.39. The van der Waals surface area contributed by atoms with Crippen molar-refractivity contribution in [2.45, 2.75) is 26.6 Å². The van der Waals surface area contributed by atoms with Crippen LogP contribution in [-0.2, 0) is 22.3 Å². The summed E-state index contributed by atoms with van der Waals surface area (Å²) in [7, 11) is 0.